The second-order valence-electron chi connectivity index (χ2n) is 10.2. The highest BCUT2D eigenvalue weighted by molar-refractivity contribution is 7.92. The maximum absolute atomic E-state index is 14.1. The van der Waals surface area contributed by atoms with Gasteiger partial charge in [0.1, 0.15) is 12.6 Å². The molecule has 1 fully saturated rings. The minimum Gasteiger partial charge on any atom is -0.352 e. The topological polar surface area (TPSA) is 86.8 Å². The summed E-state index contributed by atoms with van der Waals surface area (Å²) in [5.41, 5.74) is 1.55. The van der Waals surface area contributed by atoms with Crippen LogP contribution in [0.15, 0.2) is 71.6 Å². The van der Waals surface area contributed by atoms with Crippen LogP contribution in [-0.2, 0) is 26.2 Å². The molecule has 0 aromatic heterocycles. The van der Waals surface area contributed by atoms with Gasteiger partial charge in [0, 0.05) is 17.6 Å². The first-order chi connectivity index (χ1) is 19.5. The number of hydrogen-bond donors (Lipinski definition) is 1. The van der Waals surface area contributed by atoms with Gasteiger partial charge in [-0.05, 0) is 62.6 Å². The number of sulfonamides is 1. The van der Waals surface area contributed by atoms with Gasteiger partial charge < -0.3 is 10.2 Å². The lowest BCUT2D eigenvalue weighted by molar-refractivity contribution is -0.139. The van der Waals surface area contributed by atoms with Crippen LogP contribution in [0, 0.1) is 6.92 Å². The van der Waals surface area contributed by atoms with E-state index in [1.165, 1.54) is 29.2 Å². The number of benzene rings is 3. The number of amides is 2. The molecule has 2 amide bonds. The Labute approximate surface area is 256 Å². The number of nitrogens with zero attached hydrogens (tertiary/aromatic N) is 2. The molecule has 0 bridgehead atoms. The number of hydrogen-bond acceptors (Lipinski definition) is 4. The van der Waals surface area contributed by atoms with Crippen LogP contribution >= 0.6 is 34.8 Å². The van der Waals surface area contributed by atoms with Gasteiger partial charge in [-0.1, -0.05) is 89.6 Å². The molecule has 3 aromatic rings. The highest BCUT2D eigenvalue weighted by atomic mass is 35.5. The van der Waals surface area contributed by atoms with Gasteiger partial charge in [0.2, 0.25) is 11.8 Å². The largest absolute Gasteiger partial charge is 0.352 e. The lowest BCUT2D eigenvalue weighted by Crippen LogP contribution is -2.52. The van der Waals surface area contributed by atoms with Gasteiger partial charge in [0.15, 0.2) is 0 Å². The predicted octanol–water partition coefficient (Wildman–Crippen LogP) is 6.63. The summed E-state index contributed by atoms with van der Waals surface area (Å²) >= 11 is 19.2. The van der Waals surface area contributed by atoms with Gasteiger partial charge in [0.05, 0.1) is 20.6 Å². The van der Waals surface area contributed by atoms with Crippen LogP contribution in [-0.4, -0.2) is 43.8 Å². The summed E-state index contributed by atoms with van der Waals surface area (Å²) < 4.78 is 28.9. The molecule has 41 heavy (non-hydrogen) atoms. The molecule has 11 heteroatoms. The van der Waals surface area contributed by atoms with Crippen LogP contribution in [0.3, 0.4) is 0 Å². The Morgan fingerprint density at radius 3 is 2.22 bits per heavy atom. The molecular weight excluding hydrogens is 605 g/mol. The van der Waals surface area contributed by atoms with E-state index in [1.807, 2.05) is 6.92 Å². The average Bonchev–Trinajstić information content (AvgIpc) is 3.45. The van der Waals surface area contributed by atoms with Crippen molar-refractivity contribution in [1.82, 2.24) is 10.2 Å². The van der Waals surface area contributed by atoms with E-state index in [0.29, 0.717) is 10.6 Å². The first kappa shape index (κ1) is 31.2. The number of carbonyl (C=O) groups is 2. The molecule has 1 saturated carbocycles. The zero-order valence-electron chi connectivity index (χ0n) is 22.8. The quantitative estimate of drug-likeness (QED) is 0.271. The van der Waals surface area contributed by atoms with E-state index in [1.54, 1.807) is 49.4 Å². The molecule has 1 N–H and O–H groups in total. The van der Waals surface area contributed by atoms with Crippen molar-refractivity contribution in [3.8, 4) is 0 Å². The summed E-state index contributed by atoms with van der Waals surface area (Å²) in [6, 6.07) is 17.0. The normalized spacial score (nSPS) is 14.5. The van der Waals surface area contributed by atoms with Crippen LogP contribution in [0.4, 0.5) is 5.69 Å². The van der Waals surface area contributed by atoms with E-state index in [0.717, 1.165) is 35.6 Å². The Hall–Kier alpha value is -2.78. The van der Waals surface area contributed by atoms with Crippen molar-refractivity contribution >= 4 is 62.3 Å². The van der Waals surface area contributed by atoms with E-state index in [4.69, 9.17) is 34.8 Å². The lowest BCUT2D eigenvalue weighted by Gasteiger charge is -2.33. The summed E-state index contributed by atoms with van der Waals surface area (Å²) in [6.45, 7) is 2.85. The molecule has 0 spiro atoms. The highest BCUT2D eigenvalue weighted by Gasteiger charge is 2.34. The second-order valence-corrected chi connectivity index (χ2v) is 13.2. The summed E-state index contributed by atoms with van der Waals surface area (Å²) in [4.78, 5) is 28.7. The predicted molar refractivity (Wildman–Crippen MR) is 164 cm³/mol. The molecular formula is C30H32Cl3N3O4S. The van der Waals surface area contributed by atoms with Crippen LogP contribution in [0.25, 0.3) is 0 Å². The fourth-order valence-corrected chi connectivity index (χ4v) is 6.89. The van der Waals surface area contributed by atoms with Crippen molar-refractivity contribution in [2.24, 2.45) is 0 Å². The number of halogens is 3. The van der Waals surface area contributed by atoms with Crippen molar-refractivity contribution in [3.05, 3.63) is 92.9 Å². The fourth-order valence-electron chi connectivity index (χ4n) is 4.82. The highest BCUT2D eigenvalue weighted by Crippen LogP contribution is 2.35. The van der Waals surface area contributed by atoms with Crippen LogP contribution in [0.1, 0.15) is 43.7 Å². The molecule has 0 radical (unpaired) electrons. The number of anilines is 1. The van der Waals surface area contributed by atoms with Crippen molar-refractivity contribution in [3.63, 3.8) is 0 Å². The second kappa shape index (κ2) is 13.5. The maximum atomic E-state index is 14.1. The molecule has 1 aliphatic carbocycles. The van der Waals surface area contributed by atoms with Gasteiger partial charge in [-0.15, -0.1) is 0 Å². The summed E-state index contributed by atoms with van der Waals surface area (Å²) in [6.07, 6.45) is 3.83. The molecule has 0 heterocycles. The number of nitrogens with one attached hydrogen (secondary N) is 1. The molecule has 0 saturated heterocycles. The molecule has 0 aliphatic heterocycles. The van der Waals surface area contributed by atoms with E-state index >= 15 is 0 Å². The Bertz CT molecular complexity index is 1510. The van der Waals surface area contributed by atoms with Crippen LogP contribution in [0.5, 0.6) is 0 Å². The van der Waals surface area contributed by atoms with Gasteiger partial charge in [0.25, 0.3) is 10.0 Å². The molecule has 7 nitrogen and oxygen atoms in total. The number of rotatable bonds is 10. The van der Waals surface area contributed by atoms with Crippen molar-refractivity contribution in [1.29, 1.82) is 0 Å². The minimum atomic E-state index is -4.27. The summed E-state index contributed by atoms with van der Waals surface area (Å²) in [5.74, 6) is -0.920. The van der Waals surface area contributed by atoms with Crippen LogP contribution < -0.4 is 9.62 Å². The van der Waals surface area contributed by atoms with E-state index in [2.05, 4.69) is 5.32 Å². The standard InChI is InChI=1S/C30H32Cl3N3O4S/c1-20-14-16-24(17-15-20)41(39,40)36(27-13-7-12-26(32)29(27)33)19-28(37)35(18-22-8-3-6-11-25(22)31)21(2)30(38)34-23-9-4-5-10-23/h3,6-8,11-17,21,23H,4-5,9-10,18-19H2,1-2H3,(H,34,38). The first-order valence-electron chi connectivity index (χ1n) is 13.4. The van der Waals surface area contributed by atoms with Crippen molar-refractivity contribution in [2.45, 2.75) is 63.1 Å². The van der Waals surface area contributed by atoms with Gasteiger partial charge in [-0.3, -0.25) is 13.9 Å². The monoisotopic (exact) mass is 635 g/mol. The number of carbonyl (C=O) groups excluding carboxylic acids is 2. The fraction of sp³-hybridized carbons (Fsp3) is 0.333. The average molecular weight is 637 g/mol. The SMILES string of the molecule is Cc1ccc(S(=O)(=O)N(CC(=O)N(Cc2ccccc2Cl)C(C)C(=O)NC2CCCC2)c2cccc(Cl)c2Cl)cc1. The van der Waals surface area contributed by atoms with E-state index in [9.17, 15) is 18.0 Å². The van der Waals surface area contributed by atoms with E-state index < -0.39 is 28.5 Å². The smallest absolute Gasteiger partial charge is 0.264 e. The third-order valence-corrected chi connectivity index (χ3v) is 10.2. The zero-order chi connectivity index (χ0) is 29.7. The molecule has 1 aliphatic rings. The van der Waals surface area contributed by atoms with Crippen molar-refractivity contribution < 1.29 is 18.0 Å². The summed E-state index contributed by atoms with van der Waals surface area (Å²) in [5, 5.41) is 3.59. The molecule has 1 atom stereocenters. The van der Waals surface area contributed by atoms with Gasteiger partial charge in [-0.25, -0.2) is 8.42 Å². The summed E-state index contributed by atoms with van der Waals surface area (Å²) in [7, 11) is -4.27. The molecule has 3 aromatic carbocycles. The Kier molecular flexibility index (Phi) is 10.2. The molecule has 1 unspecified atom stereocenters. The van der Waals surface area contributed by atoms with E-state index in [-0.39, 0.29) is 39.1 Å². The zero-order valence-corrected chi connectivity index (χ0v) is 25.9. The minimum absolute atomic E-state index is 0.000538. The third kappa shape index (κ3) is 7.36. The Morgan fingerprint density at radius 1 is 0.927 bits per heavy atom. The number of aryl methyl sites for hydroxylation is 1. The Balaban J connectivity index is 1.73. The van der Waals surface area contributed by atoms with Crippen LogP contribution in [0.2, 0.25) is 15.1 Å². The third-order valence-electron chi connectivity index (χ3n) is 7.26. The molecule has 4 rings (SSSR count). The van der Waals surface area contributed by atoms with Crippen molar-refractivity contribution in [2.75, 3.05) is 10.8 Å². The van der Waals surface area contributed by atoms with Gasteiger partial charge in [-0.2, -0.15) is 0 Å². The Morgan fingerprint density at radius 2 is 1.56 bits per heavy atom. The first-order valence-corrected chi connectivity index (χ1v) is 15.9. The van der Waals surface area contributed by atoms with Gasteiger partial charge >= 0.3 is 0 Å². The molecule has 218 valence electrons. The lowest BCUT2D eigenvalue weighted by atomic mass is 10.1. The maximum Gasteiger partial charge on any atom is 0.264 e.